The Balaban J connectivity index is 2.27. The summed E-state index contributed by atoms with van der Waals surface area (Å²) in [5.74, 6) is 0.217. The summed E-state index contributed by atoms with van der Waals surface area (Å²) in [7, 11) is 0. The highest BCUT2D eigenvalue weighted by molar-refractivity contribution is 6.31. The quantitative estimate of drug-likeness (QED) is 0.845. The fourth-order valence-corrected chi connectivity index (χ4v) is 2.21. The maximum Gasteiger partial charge on any atom is 0.341 e. The molecule has 0 aliphatic rings. The number of nitrogens with zero attached hydrogens (tertiary/aromatic N) is 2. The molecule has 1 heterocycles. The van der Waals surface area contributed by atoms with E-state index in [9.17, 15) is 4.79 Å². The predicted molar refractivity (Wildman–Crippen MR) is 87.7 cm³/mol. The van der Waals surface area contributed by atoms with Gasteiger partial charge in [-0.15, -0.1) is 0 Å². The van der Waals surface area contributed by atoms with Gasteiger partial charge < -0.3 is 15.2 Å². The monoisotopic (exact) mass is 335 g/mol. The van der Waals surface area contributed by atoms with E-state index >= 15 is 0 Å². The first-order chi connectivity index (χ1) is 10.9. The van der Waals surface area contributed by atoms with Crippen LogP contribution in [0, 0.1) is 13.8 Å². The van der Waals surface area contributed by atoms with Crippen LogP contribution in [0.3, 0.4) is 0 Å². The molecule has 0 aliphatic heterocycles. The Bertz CT molecular complexity index is 735. The summed E-state index contributed by atoms with van der Waals surface area (Å²) in [4.78, 5) is 20.2. The zero-order chi connectivity index (χ0) is 17.0. The Hall–Kier alpha value is -2.34. The van der Waals surface area contributed by atoms with Crippen LogP contribution >= 0.6 is 11.6 Å². The van der Waals surface area contributed by atoms with Crippen LogP contribution in [0.4, 0.5) is 5.95 Å². The molecule has 0 spiro atoms. The van der Waals surface area contributed by atoms with Crippen molar-refractivity contribution in [3.8, 4) is 5.75 Å². The van der Waals surface area contributed by atoms with E-state index in [1.807, 2.05) is 13.0 Å². The smallest absolute Gasteiger partial charge is 0.341 e. The van der Waals surface area contributed by atoms with E-state index in [1.165, 1.54) is 0 Å². The maximum absolute atomic E-state index is 12.1. The van der Waals surface area contributed by atoms with E-state index in [2.05, 4.69) is 9.97 Å². The molecule has 23 heavy (non-hydrogen) atoms. The van der Waals surface area contributed by atoms with Gasteiger partial charge in [-0.05, 0) is 44.5 Å². The fourth-order valence-electron chi connectivity index (χ4n) is 2.09. The number of halogens is 1. The van der Waals surface area contributed by atoms with Crippen LogP contribution < -0.4 is 10.5 Å². The van der Waals surface area contributed by atoms with Gasteiger partial charge in [0.15, 0.2) is 0 Å². The molecule has 2 N–H and O–H groups in total. The molecule has 0 saturated heterocycles. The van der Waals surface area contributed by atoms with Crippen molar-refractivity contribution < 1.29 is 14.3 Å². The van der Waals surface area contributed by atoms with E-state index in [1.54, 1.807) is 26.0 Å². The first-order valence-electron chi connectivity index (χ1n) is 7.11. The molecular formula is C16H18ClN3O3. The molecule has 0 unspecified atom stereocenters. The topological polar surface area (TPSA) is 87.3 Å². The Kier molecular flexibility index (Phi) is 5.39. The van der Waals surface area contributed by atoms with E-state index in [4.69, 9.17) is 26.8 Å². The molecule has 0 bridgehead atoms. The van der Waals surface area contributed by atoms with E-state index in [-0.39, 0.29) is 24.7 Å². The molecular weight excluding hydrogens is 318 g/mol. The Morgan fingerprint density at radius 3 is 2.70 bits per heavy atom. The SMILES string of the molecule is CCOC(=O)c1c(C)nc(N)nc1COc1ccc(Cl)c(C)c1. The summed E-state index contributed by atoms with van der Waals surface area (Å²) < 4.78 is 10.7. The fraction of sp³-hybridized carbons (Fsp3) is 0.312. The number of hydrogen-bond donors (Lipinski definition) is 1. The van der Waals surface area contributed by atoms with Gasteiger partial charge in [-0.25, -0.2) is 14.8 Å². The maximum atomic E-state index is 12.1. The third-order valence-electron chi connectivity index (χ3n) is 3.17. The Morgan fingerprint density at radius 1 is 1.30 bits per heavy atom. The van der Waals surface area contributed by atoms with Gasteiger partial charge in [0.05, 0.1) is 18.0 Å². The number of nitrogens with two attached hydrogens (primary N) is 1. The molecule has 2 aromatic rings. The largest absolute Gasteiger partial charge is 0.487 e. The van der Waals surface area contributed by atoms with Crippen molar-refractivity contribution in [1.29, 1.82) is 0 Å². The zero-order valence-corrected chi connectivity index (χ0v) is 14.0. The average molecular weight is 336 g/mol. The van der Waals surface area contributed by atoms with Crippen molar-refractivity contribution in [2.24, 2.45) is 0 Å². The third kappa shape index (κ3) is 4.10. The van der Waals surface area contributed by atoms with Crippen LogP contribution in [0.1, 0.15) is 34.2 Å². The van der Waals surface area contributed by atoms with Crippen molar-refractivity contribution in [2.75, 3.05) is 12.3 Å². The summed E-state index contributed by atoms with van der Waals surface area (Å²) in [5.41, 5.74) is 7.70. The number of anilines is 1. The molecule has 1 aromatic heterocycles. The number of aryl methyl sites for hydroxylation is 2. The predicted octanol–water partition coefficient (Wildman–Crippen LogP) is 3.08. The Morgan fingerprint density at radius 2 is 2.04 bits per heavy atom. The van der Waals surface area contributed by atoms with Crippen LogP contribution in [0.25, 0.3) is 0 Å². The first-order valence-corrected chi connectivity index (χ1v) is 7.49. The molecule has 1 aromatic carbocycles. The summed E-state index contributed by atoms with van der Waals surface area (Å²) in [6.45, 7) is 5.63. The number of rotatable bonds is 5. The molecule has 0 saturated carbocycles. The number of carbonyl (C=O) groups excluding carboxylic acids is 1. The molecule has 6 nitrogen and oxygen atoms in total. The molecule has 0 aliphatic carbocycles. The lowest BCUT2D eigenvalue weighted by Crippen LogP contribution is -2.16. The highest BCUT2D eigenvalue weighted by Gasteiger charge is 2.19. The van der Waals surface area contributed by atoms with Crippen molar-refractivity contribution in [3.05, 3.63) is 45.7 Å². The lowest BCUT2D eigenvalue weighted by Gasteiger charge is -2.12. The molecule has 7 heteroatoms. The second-order valence-corrected chi connectivity index (χ2v) is 5.32. The highest BCUT2D eigenvalue weighted by atomic mass is 35.5. The van der Waals surface area contributed by atoms with Gasteiger partial charge in [0.1, 0.15) is 17.9 Å². The number of benzene rings is 1. The Labute approximate surface area is 139 Å². The summed E-state index contributed by atoms with van der Waals surface area (Å²) in [6, 6.07) is 5.30. The minimum atomic E-state index is -0.490. The van der Waals surface area contributed by atoms with Crippen molar-refractivity contribution in [1.82, 2.24) is 9.97 Å². The number of hydrogen-bond acceptors (Lipinski definition) is 6. The van der Waals surface area contributed by atoms with Crippen LogP contribution in [-0.2, 0) is 11.3 Å². The minimum absolute atomic E-state index is 0.0722. The van der Waals surface area contributed by atoms with Gasteiger partial charge in [0.25, 0.3) is 0 Å². The zero-order valence-electron chi connectivity index (χ0n) is 13.2. The van der Waals surface area contributed by atoms with E-state index < -0.39 is 5.97 Å². The van der Waals surface area contributed by atoms with Crippen LogP contribution in [-0.4, -0.2) is 22.5 Å². The molecule has 0 atom stereocenters. The van der Waals surface area contributed by atoms with E-state index in [0.29, 0.717) is 22.2 Å². The van der Waals surface area contributed by atoms with Gasteiger partial charge in [0.2, 0.25) is 5.95 Å². The van der Waals surface area contributed by atoms with Crippen LogP contribution in [0.15, 0.2) is 18.2 Å². The number of ether oxygens (including phenoxy) is 2. The molecule has 2 rings (SSSR count). The van der Waals surface area contributed by atoms with Crippen LogP contribution in [0.5, 0.6) is 5.75 Å². The first kappa shape index (κ1) is 17.0. The minimum Gasteiger partial charge on any atom is -0.487 e. The van der Waals surface area contributed by atoms with Gasteiger partial charge in [0, 0.05) is 5.02 Å². The van der Waals surface area contributed by atoms with Gasteiger partial charge in [-0.3, -0.25) is 0 Å². The lowest BCUT2D eigenvalue weighted by molar-refractivity contribution is 0.0521. The standard InChI is InChI=1S/C16H18ClN3O3/c1-4-22-15(21)14-10(3)19-16(18)20-13(14)8-23-11-5-6-12(17)9(2)7-11/h5-7H,4,8H2,1-3H3,(H2,18,19,20). The molecule has 0 amide bonds. The van der Waals surface area contributed by atoms with Gasteiger partial charge in [-0.1, -0.05) is 11.6 Å². The second-order valence-electron chi connectivity index (χ2n) is 4.91. The number of carbonyl (C=O) groups is 1. The van der Waals surface area contributed by atoms with Crippen LogP contribution in [0.2, 0.25) is 5.02 Å². The normalized spacial score (nSPS) is 10.4. The second kappa shape index (κ2) is 7.28. The number of esters is 1. The molecule has 0 fully saturated rings. The number of aromatic nitrogens is 2. The van der Waals surface area contributed by atoms with Gasteiger partial charge >= 0.3 is 5.97 Å². The molecule has 122 valence electrons. The lowest BCUT2D eigenvalue weighted by atomic mass is 10.1. The van der Waals surface area contributed by atoms with Crippen molar-refractivity contribution in [2.45, 2.75) is 27.4 Å². The average Bonchev–Trinajstić information content (AvgIpc) is 2.48. The van der Waals surface area contributed by atoms with Gasteiger partial charge in [-0.2, -0.15) is 0 Å². The number of nitrogen functional groups attached to an aromatic ring is 1. The summed E-state index contributed by atoms with van der Waals surface area (Å²) >= 11 is 5.99. The molecule has 0 radical (unpaired) electrons. The summed E-state index contributed by atoms with van der Waals surface area (Å²) in [6.07, 6.45) is 0. The van der Waals surface area contributed by atoms with E-state index in [0.717, 1.165) is 5.56 Å². The summed E-state index contributed by atoms with van der Waals surface area (Å²) in [5, 5.41) is 0.659. The van der Waals surface area contributed by atoms with Crippen molar-refractivity contribution in [3.63, 3.8) is 0 Å². The third-order valence-corrected chi connectivity index (χ3v) is 3.59. The van der Waals surface area contributed by atoms with Crippen molar-refractivity contribution >= 4 is 23.5 Å². The highest BCUT2D eigenvalue weighted by Crippen LogP contribution is 2.22.